The molecular weight excluding hydrogens is 356 g/mol. The topological polar surface area (TPSA) is 118 Å². The van der Waals surface area contributed by atoms with E-state index in [0.717, 1.165) is 0 Å². The van der Waals surface area contributed by atoms with Crippen LogP contribution in [0.1, 0.15) is 41.4 Å². The Hall–Kier alpha value is -3.50. The Morgan fingerprint density at radius 2 is 1.12 bits per heavy atom. The summed E-state index contributed by atoms with van der Waals surface area (Å²) in [5.41, 5.74) is -5.32. The number of halogens is 4. The number of fused-ring (bicyclic) bond motifs is 3. The lowest BCUT2D eigenvalue weighted by molar-refractivity contribution is 0.0439. The minimum Gasteiger partial charge on any atom is -0.478 e. The monoisotopic (exact) mass is 358 g/mol. The average molecular weight is 358 g/mol. The van der Waals surface area contributed by atoms with Crippen LogP contribution in [0.2, 0.25) is 0 Å². The fraction of sp³-hybridized carbons (Fsp3) is 0. The van der Waals surface area contributed by atoms with Crippen molar-refractivity contribution in [3.8, 4) is 0 Å². The minimum absolute atomic E-state index is 1.19. The summed E-state index contributed by atoms with van der Waals surface area (Å²) in [6, 6.07) is 0. The molecule has 2 aromatic carbocycles. The van der Waals surface area contributed by atoms with Crippen LogP contribution in [0.25, 0.3) is 10.8 Å². The fourth-order valence-corrected chi connectivity index (χ4v) is 2.62. The average Bonchev–Trinajstić information content (AvgIpc) is 2.83. The van der Waals surface area contributed by atoms with Gasteiger partial charge in [0.15, 0.2) is 23.3 Å². The van der Waals surface area contributed by atoms with Crippen molar-refractivity contribution in [1.29, 1.82) is 0 Å². The Morgan fingerprint density at radius 1 is 0.680 bits per heavy atom. The standard InChI is InChI=1S/C14H2F4O7/c15-7-1-2(8(16)10(18)9(7)17)5-6(14(24)25-13(5)23)4(12(21)22)3(1)11(19)20/h(H,19,20)(H,21,22). The summed E-state index contributed by atoms with van der Waals surface area (Å²) in [5.74, 6) is -16.8. The largest absolute Gasteiger partial charge is 0.478 e. The van der Waals surface area contributed by atoms with Crippen LogP contribution in [0.3, 0.4) is 0 Å². The number of aromatic carboxylic acids is 2. The van der Waals surface area contributed by atoms with Crippen molar-refractivity contribution >= 4 is 34.6 Å². The molecule has 0 aromatic heterocycles. The Bertz CT molecular complexity index is 1060. The Kier molecular flexibility index (Phi) is 3.27. The number of carbonyl (C=O) groups is 4. The lowest BCUT2D eigenvalue weighted by Gasteiger charge is -2.13. The first-order valence-corrected chi connectivity index (χ1v) is 6.18. The number of carbonyl (C=O) groups excluding carboxylic acids is 2. The molecule has 0 radical (unpaired) electrons. The number of carboxylic acids is 2. The molecule has 0 saturated heterocycles. The smallest absolute Gasteiger partial charge is 0.347 e. The Morgan fingerprint density at radius 3 is 1.60 bits per heavy atom. The van der Waals surface area contributed by atoms with Gasteiger partial charge in [-0.3, -0.25) is 0 Å². The first-order chi connectivity index (χ1) is 11.6. The molecule has 2 N–H and O–H groups in total. The van der Waals surface area contributed by atoms with Crippen LogP contribution in [-0.2, 0) is 4.74 Å². The number of ether oxygens (including phenoxy) is 1. The van der Waals surface area contributed by atoms with Gasteiger partial charge in [-0.05, 0) is 0 Å². The van der Waals surface area contributed by atoms with Crippen molar-refractivity contribution in [2.75, 3.05) is 0 Å². The maximum Gasteiger partial charge on any atom is 0.347 e. The van der Waals surface area contributed by atoms with E-state index < -0.39 is 80.2 Å². The van der Waals surface area contributed by atoms with Gasteiger partial charge in [-0.1, -0.05) is 0 Å². The molecule has 2 aromatic rings. The van der Waals surface area contributed by atoms with E-state index in [-0.39, 0.29) is 0 Å². The van der Waals surface area contributed by atoms with Crippen LogP contribution < -0.4 is 0 Å². The third-order valence-electron chi connectivity index (χ3n) is 3.54. The molecule has 0 fully saturated rings. The molecule has 0 atom stereocenters. The summed E-state index contributed by atoms with van der Waals surface area (Å²) in [7, 11) is 0. The van der Waals surface area contributed by atoms with Gasteiger partial charge in [0.25, 0.3) is 0 Å². The van der Waals surface area contributed by atoms with Crippen molar-refractivity contribution < 1.29 is 51.7 Å². The van der Waals surface area contributed by atoms with Crippen LogP contribution >= 0.6 is 0 Å². The molecule has 0 amide bonds. The normalized spacial score (nSPS) is 13.1. The molecule has 0 unspecified atom stereocenters. The molecule has 11 heteroatoms. The van der Waals surface area contributed by atoms with Gasteiger partial charge in [0.05, 0.1) is 22.3 Å². The number of hydrogen-bond acceptors (Lipinski definition) is 5. The molecule has 0 aliphatic carbocycles. The first-order valence-electron chi connectivity index (χ1n) is 6.18. The maximum atomic E-state index is 14.1. The summed E-state index contributed by atoms with van der Waals surface area (Å²) in [4.78, 5) is 46.1. The van der Waals surface area contributed by atoms with Gasteiger partial charge in [0.1, 0.15) is 0 Å². The fourth-order valence-electron chi connectivity index (χ4n) is 2.62. The summed E-state index contributed by atoms with van der Waals surface area (Å²) in [6.07, 6.45) is 0. The van der Waals surface area contributed by atoms with E-state index in [1.165, 1.54) is 0 Å². The molecule has 0 spiro atoms. The summed E-state index contributed by atoms with van der Waals surface area (Å²) < 4.78 is 59.4. The predicted octanol–water partition coefficient (Wildman–Crippen LogP) is 2.10. The second kappa shape index (κ2) is 5.00. The van der Waals surface area contributed by atoms with Gasteiger partial charge in [-0.15, -0.1) is 0 Å². The van der Waals surface area contributed by atoms with Crippen molar-refractivity contribution in [1.82, 2.24) is 0 Å². The Labute approximate surface area is 133 Å². The van der Waals surface area contributed by atoms with E-state index in [1.54, 1.807) is 0 Å². The van der Waals surface area contributed by atoms with E-state index >= 15 is 0 Å². The number of benzene rings is 2. The number of esters is 2. The number of hydrogen-bond donors (Lipinski definition) is 2. The second-order valence-electron chi connectivity index (χ2n) is 4.79. The summed E-state index contributed by atoms with van der Waals surface area (Å²) in [6.45, 7) is 0. The zero-order valence-electron chi connectivity index (χ0n) is 11.4. The molecule has 25 heavy (non-hydrogen) atoms. The second-order valence-corrected chi connectivity index (χ2v) is 4.79. The highest BCUT2D eigenvalue weighted by Crippen LogP contribution is 2.39. The zero-order chi connectivity index (χ0) is 18.8. The lowest BCUT2D eigenvalue weighted by atomic mass is 9.89. The van der Waals surface area contributed by atoms with Crippen LogP contribution in [0.15, 0.2) is 0 Å². The van der Waals surface area contributed by atoms with E-state index in [9.17, 15) is 36.7 Å². The van der Waals surface area contributed by atoms with Gasteiger partial charge in [0.2, 0.25) is 0 Å². The third-order valence-corrected chi connectivity index (χ3v) is 3.54. The highest BCUT2D eigenvalue weighted by atomic mass is 19.2. The zero-order valence-corrected chi connectivity index (χ0v) is 11.4. The first kappa shape index (κ1) is 16.4. The van der Waals surface area contributed by atoms with Crippen LogP contribution in [0.4, 0.5) is 17.6 Å². The van der Waals surface area contributed by atoms with Crippen molar-refractivity contribution in [3.63, 3.8) is 0 Å². The van der Waals surface area contributed by atoms with Gasteiger partial charge in [0, 0.05) is 10.8 Å². The maximum absolute atomic E-state index is 14.1. The highest BCUT2D eigenvalue weighted by Gasteiger charge is 2.43. The molecule has 128 valence electrons. The van der Waals surface area contributed by atoms with Crippen molar-refractivity contribution in [2.45, 2.75) is 0 Å². The predicted molar refractivity (Wildman–Crippen MR) is 67.4 cm³/mol. The Balaban J connectivity index is 2.81. The molecule has 0 bridgehead atoms. The third kappa shape index (κ3) is 1.92. The number of carboxylic acid groups (broad SMARTS) is 2. The minimum atomic E-state index is -2.42. The van der Waals surface area contributed by atoms with Gasteiger partial charge in [-0.2, -0.15) is 0 Å². The van der Waals surface area contributed by atoms with Gasteiger partial charge < -0.3 is 14.9 Å². The van der Waals surface area contributed by atoms with E-state index in [0.29, 0.717) is 0 Å². The lowest BCUT2D eigenvalue weighted by Crippen LogP contribution is -2.17. The molecule has 0 saturated carbocycles. The van der Waals surface area contributed by atoms with E-state index in [2.05, 4.69) is 4.74 Å². The SMILES string of the molecule is O=C(O)c1c2c(c3c(F)c(F)c(F)c(F)c3c1C(=O)O)C(=O)OC2=O. The van der Waals surface area contributed by atoms with E-state index in [4.69, 9.17) is 10.2 Å². The van der Waals surface area contributed by atoms with Crippen LogP contribution in [-0.4, -0.2) is 34.1 Å². The highest BCUT2D eigenvalue weighted by molar-refractivity contribution is 6.28. The molecular formula is C14H2F4O7. The quantitative estimate of drug-likeness (QED) is 0.277. The van der Waals surface area contributed by atoms with Crippen LogP contribution in [0, 0.1) is 23.3 Å². The molecule has 7 nitrogen and oxygen atoms in total. The number of cyclic esters (lactones) is 2. The van der Waals surface area contributed by atoms with Gasteiger partial charge >= 0.3 is 23.9 Å². The molecule has 1 aliphatic heterocycles. The van der Waals surface area contributed by atoms with Crippen LogP contribution in [0.5, 0.6) is 0 Å². The molecule has 1 aliphatic rings. The van der Waals surface area contributed by atoms with Crippen molar-refractivity contribution in [3.05, 3.63) is 45.5 Å². The molecule has 3 rings (SSSR count). The van der Waals surface area contributed by atoms with E-state index in [1.807, 2.05) is 0 Å². The number of rotatable bonds is 2. The van der Waals surface area contributed by atoms with Gasteiger partial charge in [-0.25, -0.2) is 36.7 Å². The summed E-state index contributed by atoms with van der Waals surface area (Å²) in [5, 5.41) is 15.4. The summed E-state index contributed by atoms with van der Waals surface area (Å²) >= 11 is 0. The van der Waals surface area contributed by atoms with Crippen molar-refractivity contribution in [2.24, 2.45) is 0 Å². The molecule has 1 heterocycles.